The minimum Gasteiger partial charge on any atom is -0.378 e. The summed E-state index contributed by atoms with van der Waals surface area (Å²) in [5, 5.41) is 6.91. The van der Waals surface area contributed by atoms with Gasteiger partial charge in [0.25, 0.3) is 5.91 Å². The topological polar surface area (TPSA) is 50.7 Å². The van der Waals surface area contributed by atoms with E-state index in [4.69, 9.17) is 4.84 Å². The molecule has 0 aromatic heterocycles. The second-order valence-corrected chi connectivity index (χ2v) is 4.79. The molecule has 0 aromatic carbocycles. The third kappa shape index (κ3) is 1.52. The van der Waals surface area contributed by atoms with Crippen LogP contribution in [0.4, 0.5) is 0 Å². The highest BCUT2D eigenvalue weighted by atomic mass is 16.7. The van der Waals surface area contributed by atoms with Crippen molar-refractivity contribution in [1.82, 2.24) is 5.32 Å². The normalized spacial score (nSPS) is 33.6. The maximum atomic E-state index is 12.1. The molecule has 1 saturated carbocycles. The standard InChI is InChI=1S/C11H18N2O2/c1-7(2)12-10(14)11-6-4-5-9(11)8(3)13-15-11/h7,9H,4-6H2,1-3H3,(H,12,14). The van der Waals surface area contributed by atoms with Crippen LogP contribution in [0.2, 0.25) is 0 Å². The van der Waals surface area contributed by atoms with Crippen LogP contribution in [-0.4, -0.2) is 23.3 Å². The van der Waals surface area contributed by atoms with Crippen molar-refractivity contribution in [2.45, 2.75) is 51.7 Å². The van der Waals surface area contributed by atoms with Crippen LogP contribution in [0.25, 0.3) is 0 Å². The first-order chi connectivity index (χ1) is 7.06. The molecule has 2 aliphatic rings. The largest absolute Gasteiger partial charge is 0.378 e. The van der Waals surface area contributed by atoms with E-state index >= 15 is 0 Å². The number of carbonyl (C=O) groups excluding carboxylic acids is 1. The molecular weight excluding hydrogens is 192 g/mol. The highest BCUT2D eigenvalue weighted by Crippen LogP contribution is 2.43. The van der Waals surface area contributed by atoms with E-state index in [1.165, 1.54) is 0 Å². The van der Waals surface area contributed by atoms with Crippen molar-refractivity contribution in [2.75, 3.05) is 0 Å². The molecule has 0 aromatic rings. The molecule has 1 heterocycles. The van der Waals surface area contributed by atoms with Gasteiger partial charge in [-0.05, 0) is 40.0 Å². The molecule has 1 N–H and O–H groups in total. The number of carbonyl (C=O) groups is 1. The van der Waals surface area contributed by atoms with E-state index in [0.29, 0.717) is 0 Å². The molecule has 84 valence electrons. The Morgan fingerprint density at radius 1 is 1.67 bits per heavy atom. The van der Waals surface area contributed by atoms with E-state index in [1.807, 2.05) is 20.8 Å². The van der Waals surface area contributed by atoms with Gasteiger partial charge in [0, 0.05) is 6.04 Å². The number of hydrogen-bond acceptors (Lipinski definition) is 3. The minimum absolute atomic E-state index is 0.000556. The molecule has 0 radical (unpaired) electrons. The summed E-state index contributed by atoms with van der Waals surface area (Å²) in [6, 6.07) is 0.151. The van der Waals surface area contributed by atoms with Crippen molar-refractivity contribution in [1.29, 1.82) is 0 Å². The highest BCUT2D eigenvalue weighted by Gasteiger charge is 2.56. The Labute approximate surface area is 90.1 Å². The van der Waals surface area contributed by atoms with Crippen molar-refractivity contribution < 1.29 is 9.63 Å². The number of fused-ring (bicyclic) bond motifs is 1. The molecule has 15 heavy (non-hydrogen) atoms. The van der Waals surface area contributed by atoms with Gasteiger partial charge in [-0.2, -0.15) is 0 Å². The summed E-state index contributed by atoms with van der Waals surface area (Å²) in [7, 11) is 0. The zero-order valence-electron chi connectivity index (χ0n) is 9.54. The summed E-state index contributed by atoms with van der Waals surface area (Å²) >= 11 is 0. The van der Waals surface area contributed by atoms with E-state index in [-0.39, 0.29) is 17.9 Å². The van der Waals surface area contributed by atoms with Crippen LogP contribution in [0, 0.1) is 5.92 Å². The number of oxime groups is 1. The summed E-state index contributed by atoms with van der Waals surface area (Å²) < 4.78 is 0. The number of nitrogens with one attached hydrogen (secondary N) is 1. The van der Waals surface area contributed by atoms with Gasteiger partial charge in [0.1, 0.15) is 0 Å². The molecule has 2 unspecified atom stereocenters. The van der Waals surface area contributed by atoms with Crippen molar-refractivity contribution >= 4 is 11.6 Å². The van der Waals surface area contributed by atoms with Crippen molar-refractivity contribution in [2.24, 2.45) is 11.1 Å². The van der Waals surface area contributed by atoms with E-state index in [1.54, 1.807) is 0 Å². The van der Waals surface area contributed by atoms with Gasteiger partial charge in [-0.1, -0.05) is 5.16 Å². The summed E-state index contributed by atoms with van der Waals surface area (Å²) in [6.45, 7) is 5.86. The molecule has 0 bridgehead atoms. The highest BCUT2D eigenvalue weighted by molar-refractivity contribution is 5.97. The molecule has 1 aliphatic heterocycles. The van der Waals surface area contributed by atoms with Crippen molar-refractivity contribution in [3.63, 3.8) is 0 Å². The van der Waals surface area contributed by atoms with E-state index < -0.39 is 5.60 Å². The lowest BCUT2D eigenvalue weighted by Crippen LogP contribution is -2.51. The first-order valence-electron chi connectivity index (χ1n) is 5.60. The second-order valence-electron chi connectivity index (χ2n) is 4.79. The number of rotatable bonds is 2. The maximum absolute atomic E-state index is 12.1. The average Bonchev–Trinajstić information content (AvgIpc) is 2.67. The Morgan fingerprint density at radius 2 is 2.40 bits per heavy atom. The molecule has 1 fully saturated rings. The van der Waals surface area contributed by atoms with Crippen LogP contribution in [0.3, 0.4) is 0 Å². The van der Waals surface area contributed by atoms with E-state index in [2.05, 4.69) is 10.5 Å². The van der Waals surface area contributed by atoms with Gasteiger partial charge in [-0.3, -0.25) is 4.79 Å². The Kier molecular flexibility index (Phi) is 2.44. The SMILES string of the molecule is CC1=NOC2(C(=O)NC(C)C)CCCC12. The van der Waals surface area contributed by atoms with Crippen molar-refractivity contribution in [3.05, 3.63) is 0 Å². The van der Waals surface area contributed by atoms with Crippen LogP contribution >= 0.6 is 0 Å². The molecule has 4 nitrogen and oxygen atoms in total. The lowest BCUT2D eigenvalue weighted by molar-refractivity contribution is -0.146. The molecule has 1 amide bonds. The van der Waals surface area contributed by atoms with Crippen LogP contribution in [0.5, 0.6) is 0 Å². The number of hydrogen-bond donors (Lipinski definition) is 1. The Bertz CT molecular complexity index is 312. The smallest absolute Gasteiger partial charge is 0.267 e. The predicted octanol–water partition coefficient (Wildman–Crippen LogP) is 1.46. The van der Waals surface area contributed by atoms with Gasteiger partial charge in [0.05, 0.1) is 11.6 Å². The fourth-order valence-electron chi connectivity index (χ4n) is 2.55. The minimum atomic E-state index is -0.686. The second kappa shape index (κ2) is 3.51. The quantitative estimate of drug-likeness (QED) is 0.750. The Balaban J connectivity index is 2.17. The van der Waals surface area contributed by atoms with E-state index in [9.17, 15) is 4.79 Å². The third-order valence-corrected chi connectivity index (χ3v) is 3.26. The van der Waals surface area contributed by atoms with Gasteiger partial charge in [-0.15, -0.1) is 0 Å². The molecule has 0 saturated heterocycles. The number of nitrogens with zero attached hydrogens (tertiary/aromatic N) is 1. The van der Waals surface area contributed by atoms with E-state index in [0.717, 1.165) is 25.0 Å². The summed E-state index contributed by atoms with van der Waals surface area (Å²) in [4.78, 5) is 17.5. The Hall–Kier alpha value is -1.06. The van der Waals surface area contributed by atoms with Crippen LogP contribution in [0.15, 0.2) is 5.16 Å². The third-order valence-electron chi connectivity index (χ3n) is 3.26. The molecule has 1 aliphatic carbocycles. The molecule has 4 heteroatoms. The lowest BCUT2D eigenvalue weighted by Gasteiger charge is -2.26. The van der Waals surface area contributed by atoms with Crippen LogP contribution in [-0.2, 0) is 9.63 Å². The predicted molar refractivity (Wildman–Crippen MR) is 57.5 cm³/mol. The van der Waals surface area contributed by atoms with Crippen molar-refractivity contribution in [3.8, 4) is 0 Å². The summed E-state index contributed by atoms with van der Waals surface area (Å²) in [5.41, 5.74) is 0.278. The fourth-order valence-corrected chi connectivity index (χ4v) is 2.55. The molecule has 0 spiro atoms. The van der Waals surface area contributed by atoms with Gasteiger partial charge in [-0.25, -0.2) is 0 Å². The van der Waals surface area contributed by atoms with Gasteiger partial charge < -0.3 is 10.2 Å². The monoisotopic (exact) mass is 210 g/mol. The zero-order chi connectivity index (χ0) is 11.1. The summed E-state index contributed by atoms with van der Waals surface area (Å²) in [5.74, 6) is 0.192. The van der Waals surface area contributed by atoms with Crippen LogP contribution < -0.4 is 5.32 Å². The lowest BCUT2D eigenvalue weighted by atomic mass is 9.87. The first-order valence-corrected chi connectivity index (χ1v) is 5.60. The maximum Gasteiger partial charge on any atom is 0.267 e. The van der Waals surface area contributed by atoms with Gasteiger partial charge >= 0.3 is 0 Å². The fraction of sp³-hybridized carbons (Fsp3) is 0.818. The molecular formula is C11H18N2O2. The first kappa shape index (κ1) is 10.5. The van der Waals surface area contributed by atoms with Gasteiger partial charge in [0.2, 0.25) is 5.60 Å². The zero-order valence-corrected chi connectivity index (χ0v) is 9.54. The van der Waals surface area contributed by atoms with Crippen LogP contribution in [0.1, 0.15) is 40.0 Å². The average molecular weight is 210 g/mol. The summed E-state index contributed by atoms with van der Waals surface area (Å²) in [6.07, 6.45) is 2.85. The molecule has 2 rings (SSSR count). The number of amides is 1. The van der Waals surface area contributed by atoms with Gasteiger partial charge in [0.15, 0.2) is 0 Å². The Morgan fingerprint density at radius 3 is 3.07 bits per heavy atom. The molecule has 2 atom stereocenters.